The number of anilines is 2. The lowest BCUT2D eigenvalue weighted by atomic mass is 10.2. The predicted molar refractivity (Wildman–Crippen MR) is 133 cm³/mol. The van der Waals surface area contributed by atoms with Crippen molar-refractivity contribution in [2.75, 3.05) is 18.5 Å². The van der Waals surface area contributed by atoms with E-state index in [0.29, 0.717) is 32.6 Å². The standard InChI is InChI=1S/C25H22ClN3O3S/c26-19-10-4-5-11-20(19)27-22-18-12-13-21(31)29(16-7-2-1-3-8-16)25(18)33-23(22)24(32)28-14-6-9-17(28)15-30/h1-5,7-8,10-13,17,27,30H,6,9,14-15H2/t17-/m0/s1. The van der Waals surface area contributed by atoms with E-state index < -0.39 is 0 Å². The minimum atomic E-state index is -0.202. The number of aliphatic hydroxyl groups excluding tert-OH is 1. The summed E-state index contributed by atoms with van der Waals surface area (Å²) in [4.78, 5) is 29.5. The van der Waals surface area contributed by atoms with Crippen LogP contribution in [0.15, 0.2) is 71.5 Å². The van der Waals surface area contributed by atoms with Gasteiger partial charge in [0.2, 0.25) is 0 Å². The average molecular weight is 480 g/mol. The average Bonchev–Trinajstić information content (AvgIpc) is 3.45. The number of fused-ring (bicyclic) bond motifs is 1. The van der Waals surface area contributed by atoms with Crippen LogP contribution in [-0.2, 0) is 0 Å². The number of hydrogen-bond acceptors (Lipinski definition) is 5. The maximum absolute atomic E-state index is 13.7. The molecule has 0 radical (unpaired) electrons. The predicted octanol–water partition coefficient (Wildman–Crippen LogP) is 5.05. The highest BCUT2D eigenvalue weighted by molar-refractivity contribution is 7.21. The lowest BCUT2D eigenvalue weighted by Gasteiger charge is -2.23. The zero-order valence-corrected chi connectivity index (χ0v) is 19.3. The third kappa shape index (κ3) is 3.93. The molecule has 6 nitrogen and oxygen atoms in total. The summed E-state index contributed by atoms with van der Waals surface area (Å²) < 4.78 is 1.63. The van der Waals surface area contributed by atoms with Crippen LogP contribution in [0.5, 0.6) is 0 Å². The first-order chi connectivity index (χ1) is 16.1. The van der Waals surface area contributed by atoms with Crippen molar-refractivity contribution in [2.24, 2.45) is 0 Å². The van der Waals surface area contributed by atoms with E-state index in [0.717, 1.165) is 23.9 Å². The van der Waals surface area contributed by atoms with Gasteiger partial charge in [0.25, 0.3) is 11.5 Å². The van der Waals surface area contributed by atoms with Crippen molar-refractivity contribution < 1.29 is 9.90 Å². The van der Waals surface area contributed by atoms with Gasteiger partial charge in [0.15, 0.2) is 0 Å². The first kappa shape index (κ1) is 21.7. The Morgan fingerprint density at radius 1 is 1.09 bits per heavy atom. The van der Waals surface area contributed by atoms with Crippen LogP contribution in [-0.4, -0.2) is 39.7 Å². The third-order valence-electron chi connectivity index (χ3n) is 5.93. The summed E-state index contributed by atoms with van der Waals surface area (Å²) >= 11 is 7.68. The van der Waals surface area contributed by atoms with Crippen molar-refractivity contribution in [3.63, 3.8) is 0 Å². The smallest absolute Gasteiger partial charge is 0.266 e. The van der Waals surface area contributed by atoms with Crippen molar-refractivity contribution in [3.8, 4) is 5.69 Å². The second-order valence-electron chi connectivity index (χ2n) is 7.95. The topological polar surface area (TPSA) is 74.6 Å². The maximum Gasteiger partial charge on any atom is 0.266 e. The summed E-state index contributed by atoms with van der Waals surface area (Å²) in [5.41, 5.74) is 1.84. The fourth-order valence-corrected chi connectivity index (χ4v) is 5.71. The number of thiophene rings is 1. The lowest BCUT2D eigenvalue weighted by Crippen LogP contribution is -2.37. The SMILES string of the molecule is O=C(c1sc2c(ccc(=O)n2-c2ccccc2)c1Nc1ccccc1Cl)N1CCC[C@H]1CO. The number of likely N-dealkylation sites (tertiary alicyclic amines) is 1. The molecule has 33 heavy (non-hydrogen) atoms. The second-order valence-corrected chi connectivity index (χ2v) is 9.36. The lowest BCUT2D eigenvalue weighted by molar-refractivity contribution is 0.0683. The molecule has 0 saturated carbocycles. The van der Waals surface area contributed by atoms with E-state index in [9.17, 15) is 14.7 Å². The van der Waals surface area contributed by atoms with Gasteiger partial charge in [-0.05, 0) is 43.2 Å². The molecule has 0 unspecified atom stereocenters. The molecule has 0 bridgehead atoms. The quantitative estimate of drug-likeness (QED) is 0.420. The van der Waals surface area contributed by atoms with Crippen molar-refractivity contribution >= 4 is 50.4 Å². The number of benzene rings is 2. The van der Waals surface area contributed by atoms with Crippen LogP contribution in [0.4, 0.5) is 11.4 Å². The van der Waals surface area contributed by atoms with E-state index >= 15 is 0 Å². The Bertz CT molecular complexity index is 1380. The summed E-state index contributed by atoms with van der Waals surface area (Å²) in [5, 5.41) is 14.4. The van der Waals surface area contributed by atoms with Crippen LogP contribution in [0.2, 0.25) is 5.02 Å². The second kappa shape index (κ2) is 9.02. The van der Waals surface area contributed by atoms with Crippen LogP contribution >= 0.6 is 22.9 Å². The first-order valence-electron chi connectivity index (χ1n) is 10.8. The molecule has 1 saturated heterocycles. The first-order valence-corrected chi connectivity index (χ1v) is 12.0. The molecule has 1 fully saturated rings. The van der Waals surface area contributed by atoms with Gasteiger partial charge in [-0.15, -0.1) is 11.3 Å². The minimum Gasteiger partial charge on any atom is -0.394 e. The molecular formula is C25H22ClN3O3S. The zero-order valence-electron chi connectivity index (χ0n) is 17.7. The van der Waals surface area contributed by atoms with Gasteiger partial charge in [-0.3, -0.25) is 14.2 Å². The molecule has 3 heterocycles. The van der Waals surface area contributed by atoms with Crippen molar-refractivity contribution in [1.82, 2.24) is 9.47 Å². The largest absolute Gasteiger partial charge is 0.394 e. The number of carbonyl (C=O) groups excluding carboxylic acids is 1. The van der Waals surface area contributed by atoms with Crippen molar-refractivity contribution in [1.29, 1.82) is 0 Å². The Labute approximate surface area is 199 Å². The van der Waals surface area contributed by atoms with Crippen LogP contribution in [0.1, 0.15) is 22.5 Å². The van der Waals surface area contributed by atoms with Gasteiger partial charge in [0.05, 0.1) is 34.7 Å². The molecule has 2 N–H and O–H groups in total. The molecule has 2 aromatic heterocycles. The molecule has 4 aromatic rings. The van der Waals surface area contributed by atoms with Crippen LogP contribution in [0.25, 0.3) is 15.9 Å². The molecule has 8 heteroatoms. The van der Waals surface area contributed by atoms with Gasteiger partial charge < -0.3 is 15.3 Å². The Balaban J connectivity index is 1.73. The number of hydrogen-bond donors (Lipinski definition) is 2. The number of para-hydroxylation sites is 2. The molecule has 1 amide bonds. The molecule has 168 valence electrons. The highest BCUT2D eigenvalue weighted by Gasteiger charge is 2.32. The maximum atomic E-state index is 13.7. The number of nitrogens with zero attached hydrogens (tertiary/aromatic N) is 2. The van der Waals surface area contributed by atoms with Gasteiger partial charge in [0, 0.05) is 18.0 Å². The normalized spacial score (nSPS) is 15.8. The fraction of sp³-hybridized carbons (Fsp3) is 0.200. The highest BCUT2D eigenvalue weighted by atomic mass is 35.5. The van der Waals surface area contributed by atoms with Gasteiger partial charge in [-0.2, -0.15) is 0 Å². The third-order valence-corrected chi connectivity index (χ3v) is 7.44. The Morgan fingerprint density at radius 3 is 2.61 bits per heavy atom. The van der Waals surface area contributed by atoms with Crippen molar-refractivity contribution in [3.05, 3.63) is 87.0 Å². The van der Waals surface area contributed by atoms with E-state index in [1.807, 2.05) is 48.5 Å². The Hall–Kier alpha value is -3.13. The van der Waals surface area contributed by atoms with Gasteiger partial charge in [-0.25, -0.2) is 0 Å². The molecule has 1 atom stereocenters. The van der Waals surface area contributed by atoms with E-state index in [1.165, 1.54) is 17.4 Å². The van der Waals surface area contributed by atoms with Crippen LogP contribution in [0.3, 0.4) is 0 Å². The zero-order chi connectivity index (χ0) is 22.9. The van der Waals surface area contributed by atoms with Gasteiger partial charge in [0.1, 0.15) is 9.71 Å². The molecule has 0 spiro atoms. The Morgan fingerprint density at radius 2 is 1.85 bits per heavy atom. The van der Waals surface area contributed by atoms with Gasteiger partial charge >= 0.3 is 0 Å². The van der Waals surface area contributed by atoms with Gasteiger partial charge in [-0.1, -0.05) is 41.9 Å². The summed E-state index contributed by atoms with van der Waals surface area (Å²) in [6.45, 7) is 0.522. The van der Waals surface area contributed by atoms with E-state index in [1.54, 1.807) is 21.6 Å². The highest BCUT2D eigenvalue weighted by Crippen LogP contribution is 2.40. The Kier molecular flexibility index (Phi) is 5.93. The molecular weight excluding hydrogens is 458 g/mol. The number of nitrogens with one attached hydrogen (secondary N) is 1. The van der Waals surface area contributed by atoms with E-state index in [4.69, 9.17) is 11.6 Å². The number of halogens is 1. The van der Waals surface area contributed by atoms with E-state index in [-0.39, 0.29) is 24.1 Å². The number of carbonyl (C=O) groups is 1. The summed E-state index contributed by atoms with van der Waals surface area (Å²) in [6.07, 6.45) is 1.62. The number of aromatic nitrogens is 1. The number of amides is 1. The molecule has 0 aliphatic carbocycles. The van der Waals surface area contributed by atoms with Crippen LogP contribution in [0, 0.1) is 0 Å². The fourth-order valence-electron chi connectivity index (χ4n) is 4.30. The van der Waals surface area contributed by atoms with Crippen LogP contribution < -0.4 is 10.9 Å². The van der Waals surface area contributed by atoms with Crippen molar-refractivity contribution in [2.45, 2.75) is 18.9 Å². The van der Waals surface area contributed by atoms with E-state index in [2.05, 4.69) is 5.32 Å². The molecule has 5 rings (SSSR count). The summed E-state index contributed by atoms with van der Waals surface area (Å²) in [6, 6.07) is 19.8. The number of pyridine rings is 1. The minimum absolute atomic E-state index is 0.0708. The monoisotopic (exact) mass is 479 g/mol. The molecule has 2 aromatic carbocycles. The summed E-state index contributed by atoms with van der Waals surface area (Å²) in [5.74, 6) is -0.158. The number of rotatable bonds is 5. The molecule has 1 aliphatic rings. The molecule has 1 aliphatic heterocycles. The number of aliphatic hydroxyl groups is 1. The summed E-state index contributed by atoms with van der Waals surface area (Å²) in [7, 11) is 0.